The second-order valence-corrected chi connectivity index (χ2v) is 8.04. The Morgan fingerprint density at radius 2 is 1.90 bits per heavy atom. The molecule has 1 aromatic carbocycles. The highest BCUT2D eigenvalue weighted by Crippen LogP contribution is 2.29. The molecule has 2 heterocycles. The van der Waals surface area contributed by atoms with Gasteiger partial charge in [-0.25, -0.2) is 9.78 Å². The van der Waals surface area contributed by atoms with Gasteiger partial charge in [-0.3, -0.25) is 0 Å². The lowest BCUT2D eigenvalue weighted by atomic mass is 10.2. The molecule has 30 heavy (non-hydrogen) atoms. The summed E-state index contributed by atoms with van der Waals surface area (Å²) in [5.74, 6) is 1.35. The Hall–Kier alpha value is -2.80. The number of pyridine rings is 1. The number of carbonyl (C=O) groups excluding carboxylic acids is 1. The summed E-state index contributed by atoms with van der Waals surface area (Å²) in [7, 11) is 1.80. The van der Waals surface area contributed by atoms with Crippen LogP contribution in [0.4, 0.5) is 10.5 Å². The zero-order chi connectivity index (χ0) is 20.8. The normalized spacial score (nSPS) is 16.2. The number of urea groups is 1. The number of morpholine rings is 1. The number of hydrogen-bond donors (Lipinski definition) is 1. The SMILES string of the molecule is CN(Cc1ccc(N2CCOCC2)cc1)C(=O)NCc1ccc(OCC2CC2)nc1. The van der Waals surface area contributed by atoms with E-state index in [4.69, 9.17) is 9.47 Å². The highest BCUT2D eigenvalue weighted by atomic mass is 16.5. The van der Waals surface area contributed by atoms with Crippen LogP contribution in [0.3, 0.4) is 0 Å². The van der Waals surface area contributed by atoms with Gasteiger partial charge in [0.25, 0.3) is 0 Å². The van der Waals surface area contributed by atoms with Gasteiger partial charge in [0.15, 0.2) is 0 Å². The molecule has 2 aliphatic rings. The molecule has 0 unspecified atom stereocenters. The summed E-state index contributed by atoms with van der Waals surface area (Å²) in [5, 5.41) is 2.95. The first-order chi connectivity index (χ1) is 14.7. The third-order valence-corrected chi connectivity index (χ3v) is 5.48. The molecule has 2 fully saturated rings. The largest absolute Gasteiger partial charge is 0.477 e. The van der Waals surface area contributed by atoms with Gasteiger partial charge in [0, 0.05) is 51.2 Å². The second-order valence-electron chi connectivity index (χ2n) is 8.04. The van der Waals surface area contributed by atoms with E-state index in [1.165, 1.54) is 18.5 Å². The molecule has 7 heteroatoms. The summed E-state index contributed by atoms with van der Waals surface area (Å²) < 4.78 is 11.0. The summed E-state index contributed by atoms with van der Waals surface area (Å²) in [5.41, 5.74) is 3.25. The molecule has 0 atom stereocenters. The van der Waals surface area contributed by atoms with Crippen molar-refractivity contribution in [2.24, 2.45) is 5.92 Å². The van der Waals surface area contributed by atoms with Gasteiger partial charge in [0.1, 0.15) is 0 Å². The summed E-state index contributed by atoms with van der Waals surface area (Å²) in [6, 6.07) is 12.1. The van der Waals surface area contributed by atoms with Gasteiger partial charge in [0.05, 0.1) is 19.8 Å². The second kappa shape index (κ2) is 9.80. The van der Waals surface area contributed by atoms with E-state index in [-0.39, 0.29) is 6.03 Å². The van der Waals surface area contributed by atoms with E-state index in [0.717, 1.165) is 44.0 Å². The Bertz CT molecular complexity index is 815. The fourth-order valence-electron chi connectivity index (χ4n) is 3.38. The summed E-state index contributed by atoms with van der Waals surface area (Å²) in [6.07, 6.45) is 4.28. The minimum atomic E-state index is -0.110. The van der Waals surface area contributed by atoms with Gasteiger partial charge in [0.2, 0.25) is 5.88 Å². The quantitative estimate of drug-likeness (QED) is 0.725. The van der Waals surface area contributed by atoms with Crippen LogP contribution in [0.25, 0.3) is 0 Å². The molecule has 1 aliphatic heterocycles. The average Bonchev–Trinajstić information content (AvgIpc) is 3.62. The lowest BCUT2D eigenvalue weighted by molar-refractivity contribution is 0.122. The van der Waals surface area contributed by atoms with Crippen molar-refractivity contribution < 1.29 is 14.3 Å². The third kappa shape index (κ3) is 5.86. The predicted molar refractivity (Wildman–Crippen MR) is 116 cm³/mol. The topological polar surface area (TPSA) is 66.9 Å². The van der Waals surface area contributed by atoms with Crippen molar-refractivity contribution in [2.45, 2.75) is 25.9 Å². The smallest absolute Gasteiger partial charge is 0.317 e. The Labute approximate surface area is 178 Å². The van der Waals surface area contributed by atoms with Crippen LogP contribution in [-0.2, 0) is 17.8 Å². The highest BCUT2D eigenvalue weighted by Gasteiger charge is 2.22. The van der Waals surface area contributed by atoms with Crippen LogP contribution < -0.4 is 15.0 Å². The molecular formula is C23H30N4O3. The Morgan fingerprint density at radius 1 is 1.17 bits per heavy atom. The minimum Gasteiger partial charge on any atom is -0.477 e. The van der Waals surface area contributed by atoms with Crippen molar-refractivity contribution >= 4 is 11.7 Å². The molecule has 0 spiro atoms. The molecule has 2 amide bonds. The maximum Gasteiger partial charge on any atom is 0.317 e. The predicted octanol–water partition coefficient (Wildman–Crippen LogP) is 3.05. The van der Waals surface area contributed by atoms with Crippen LogP contribution >= 0.6 is 0 Å². The molecule has 1 aliphatic carbocycles. The van der Waals surface area contributed by atoms with Crippen LogP contribution in [0.2, 0.25) is 0 Å². The first-order valence-corrected chi connectivity index (χ1v) is 10.7. The van der Waals surface area contributed by atoms with Gasteiger partial charge in [-0.05, 0) is 42.0 Å². The molecule has 2 aromatic rings. The van der Waals surface area contributed by atoms with E-state index >= 15 is 0 Å². The third-order valence-electron chi connectivity index (χ3n) is 5.48. The number of carbonyl (C=O) groups is 1. The standard InChI is InChI=1S/C23H30N4O3/c1-26(16-18-4-7-21(8-5-18)27-10-12-29-13-11-27)23(28)25-15-20-6-9-22(24-14-20)30-17-19-2-3-19/h4-9,14,19H,2-3,10-13,15-17H2,1H3,(H,25,28). The maximum atomic E-state index is 12.4. The Balaban J connectivity index is 1.21. The van der Waals surface area contributed by atoms with Crippen molar-refractivity contribution in [3.63, 3.8) is 0 Å². The number of rotatable bonds is 8. The number of nitrogens with one attached hydrogen (secondary N) is 1. The minimum absolute atomic E-state index is 0.110. The van der Waals surface area contributed by atoms with Gasteiger partial charge >= 0.3 is 6.03 Å². The zero-order valence-corrected chi connectivity index (χ0v) is 17.5. The van der Waals surface area contributed by atoms with E-state index in [1.807, 2.05) is 12.1 Å². The van der Waals surface area contributed by atoms with E-state index in [2.05, 4.69) is 39.5 Å². The first kappa shape index (κ1) is 20.5. The molecule has 4 rings (SSSR count). The van der Waals surface area contributed by atoms with Crippen LogP contribution in [-0.4, -0.2) is 55.9 Å². The van der Waals surface area contributed by atoms with Gasteiger partial charge in [-0.1, -0.05) is 18.2 Å². The van der Waals surface area contributed by atoms with Crippen molar-refractivity contribution in [2.75, 3.05) is 44.9 Å². The van der Waals surface area contributed by atoms with Crippen LogP contribution in [0.15, 0.2) is 42.6 Å². The molecule has 0 bridgehead atoms. The van der Waals surface area contributed by atoms with E-state index < -0.39 is 0 Å². The van der Waals surface area contributed by atoms with Gasteiger partial charge < -0.3 is 24.6 Å². The van der Waals surface area contributed by atoms with Gasteiger partial charge in [-0.2, -0.15) is 0 Å². The highest BCUT2D eigenvalue weighted by molar-refractivity contribution is 5.73. The molecular weight excluding hydrogens is 380 g/mol. The number of hydrogen-bond acceptors (Lipinski definition) is 5. The number of aromatic nitrogens is 1. The molecule has 7 nitrogen and oxygen atoms in total. The molecule has 1 saturated heterocycles. The van der Waals surface area contributed by atoms with Crippen molar-refractivity contribution in [3.05, 3.63) is 53.7 Å². The fraction of sp³-hybridized carbons (Fsp3) is 0.478. The molecule has 1 aromatic heterocycles. The lowest BCUT2D eigenvalue weighted by Gasteiger charge is -2.29. The van der Waals surface area contributed by atoms with Crippen molar-refractivity contribution in [3.8, 4) is 5.88 Å². The molecule has 0 radical (unpaired) electrons. The van der Waals surface area contributed by atoms with Crippen molar-refractivity contribution in [1.29, 1.82) is 0 Å². The summed E-state index contributed by atoms with van der Waals surface area (Å²) in [6.45, 7) is 5.14. The molecule has 160 valence electrons. The zero-order valence-electron chi connectivity index (χ0n) is 17.5. The Morgan fingerprint density at radius 3 is 2.57 bits per heavy atom. The monoisotopic (exact) mass is 410 g/mol. The number of anilines is 1. The van der Waals surface area contributed by atoms with Crippen LogP contribution in [0.1, 0.15) is 24.0 Å². The molecule has 1 saturated carbocycles. The number of ether oxygens (including phenoxy) is 2. The van der Waals surface area contributed by atoms with E-state index in [9.17, 15) is 4.79 Å². The van der Waals surface area contributed by atoms with Gasteiger partial charge in [-0.15, -0.1) is 0 Å². The summed E-state index contributed by atoms with van der Waals surface area (Å²) in [4.78, 5) is 20.8. The first-order valence-electron chi connectivity index (χ1n) is 10.7. The number of nitrogens with zero attached hydrogens (tertiary/aromatic N) is 3. The fourth-order valence-corrected chi connectivity index (χ4v) is 3.38. The Kier molecular flexibility index (Phi) is 6.69. The number of benzene rings is 1. The van der Waals surface area contributed by atoms with Crippen LogP contribution in [0.5, 0.6) is 5.88 Å². The van der Waals surface area contributed by atoms with Crippen molar-refractivity contribution in [1.82, 2.24) is 15.2 Å². The van der Waals surface area contributed by atoms with Crippen LogP contribution in [0, 0.1) is 5.92 Å². The average molecular weight is 411 g/mol. The maximum absolute atomic E-state index is 12.4. The van der Waals surface area contributed by atoms with E-state index in [0.29, 0.717) is 24.9 Å². The summed E-state index contributed by atoms with van der Waals surface area (Å²) >= 11 is 0. The van der Waals surface area contributed by atoms with E-state index in [1.54, 1.807) is 18.1 Å². The lowest BCUT2D eigenvalue weighted by Crippen LogP contribution is -2.36. The molecule has 1 N–H and O–H groups in total. The number of amides is 2.